The van der Waals surface area contributed by atoms with Crippen LogP contribution in [0.2, 0.25) is 0 Å². The number of hydrogen-bond acceptors (Lipinski definition) is 11. The Bertz CT molecular complexity index is 1940. The maximum atomic E-state index is 14.8. The number of carbonyl (C=O) groups excluding carboxylic acids is 4. The lowest BCUT2D eigenvalue weighted by Gasteiger charge is -2.34. The van der Waals surface area contributed by atoms with E-state index in [2.05, 4.69) is 15.4 Å². The summed E-state index contributed by atoms with van der Waals surface area (Å²) in [7, 11) is -3.85. The van der Waals surface area contributed by atoms with Gasteiger partial charge in [0, 0.05) is 18.3 Å². The number of nitrogens with one attached hydrogen (secondary N) is 3. The number of benzene rings is 1. The molecule has 4 amide bonds. The zero-order valence-electron chi connectivity index (χ0n) is 30.5. The summed E-state index contributed by atoms with van der Waals surface area (Å²) >= 11 is 1.39. The second kappa shape index (κ2) is 14.9. The SMILES string of the molecule is CC[C@@H]1C[C@]1(NC(=O)[C@@H]1C[C@@H]2CN1C(=O)[C@H](C1CCCCC1)Nc1nc(cs1)COC/C=C/c1cccc3c1CN(C3)C(=O)O2)C(=O)NS(=O)(=O)C1CC1. The first-order valence-electron chi connectivity index (χ1n) is 19.2. The molecule has 14 nitrogen and oxygen atoms in total. The van der Waals surface area contributed by atoms with Crippen LogP contribution in [0.15, 0.2) is 29.7 Å². The fraction of sp³-hybridized carbons (Fsp3) is 0.605. The van der Waals surface area contributed by atoms with Gasteiger partial charge >= 0.3 is 6.09 Å². The first kappa shape index (κ1) is 36.9. The highest BCUT2D eigenvalue weighted by molar-refractivity contribution is 7.91. The van der Waals surface area contributed by atoms with E-state index in [1.54, 1.807) is 4.90 Å². The molecule has 2 aromatic rings. The molecule has 4 fully saturated rings. The van der Waals surface area contributed by atoms with E-state index in [-0.39, 0.29) is 37.1 Å². The van der Waals surface area contributed by atoms with Gasteiger partial charge in [0.1, 0.15) is 23.7 Å². The van der Waals surface area contributed by atoms with Crippen LogP contribution in [-0.2, 0) is 53.6 Å². The molecule has 6 aliphatic rings. The minimum Gasteiger partial charge on any atom is -0.444 e. The molecule has 54 heavy (non-hydrogen) atoms. The lowest BCUT2D eigenvalue weighted by molar-refractivity contribution is -0.141. The summed E-state index contributed by atoms with van der Waals surface area (Å²) in [5, 5.41) is 8.22. The third kappa shape index (κ3) is 7.48. The van der Waals surface area contributed by atoms with E-state index in [0.29, 0.717) is 50.7 Å². The predicted molar refractivity (Wildman–Crippen MR) is 200 cm³/mol. The second-order valence-corrected chi connectivity index (χ2v) is 18.4. The van der Waals surface area contributed by atoms with Crippen molar-refractivity contribution in [3.8, 4) is 0 Å². The van der Waals surface area contributed by atoms with Crippen LogP contribution in [0.25, 0.3) is 6.08 Å². The van der Waals surface area contributed by atoms with Crippen molar-refractivity contribution < 1.29 is 37.1 Å². The number of carbonyl (C=O) groups is 4. The van der Waals surface area contributed by atoms with E-state index in [9.17, 15) is 27.6 Å². The number of amides is 4. The molecule has 0 unspecified atom stereocenters. The molecule has 3 aliphatic heterocycles. The molecule has 0 spiro atoms. The molecule has 16 heteroatoms. The Hall–Kier alpha value is -4.02. The normalized spacial score (nSPS) is 29.6. The van der Waals surface area contributed by atoms with Gasteiger partial charge in [-0.05, 0) is 60.6 Å². The Morgan fingerprint density at radius 3 is 2.69 bits per heavy atom. The molecular weight excluding hydrogens is 733 g/mol. The highest BCUT2D eigenvalue weighted by Crippen LogP contribution is 2.47. The summed E-state index contributed by atoms with van der Waals surface area (Å²) in [4.78, 5) is 64.4. The summed E-state index contributed by atoms with van der Waals surface area (Å²) in [5.74, 6) is -1.90. The van der Waals surface area contributed by atoms with Crippen molar-refractivity contribution in [3.63, 3.8) is 0 Å². The molecule has 290 valence electrons. The Balaban J connectivity index is 1.09. The van der Waals surface area contributed by atoms with E-state index >= 15 is 0 Å². The van der Waals surface area contributed by atoms with E-state index in [0.717, 1.165) is 54.5 Å². The maximum Gasteiger partial charge on any atom is 0.410 e. The molecule has 6 bridgehead atoms. The van der Waals surface area contributed by atoms with Crippen molar-refractivity contribution in [3.05, 3.63) is 52.0 Å². The van der Waals surface area contributed by atoms with E-state index in [1.165, 1.54) is 16.2 Å². The summed E-state index contributed by atoms with van der Waals surface area (Å²) < 4.78 is 39.8. The predicted octanol–water partition coefficient (Wildman–Crippen LogP) is 4.06. The van der Waals surface area contributed by atoms with Gasteiger partial charge in [0.2, 0.25) is 21.8 Å². The molecule has 3 aliphatic carbocycles. The molecule has 0 radical (unpaired) electrons. The monoisotopic (exact) mass is 780 g/mol. The Morgan fingerprint density at radius 1 is 1.11 bits per heavy atom. The number of aromatic nitrogens is 1. The zero-order valence-corrected chi connectivity index (χ0v) is 32.1. The van der Waals surface area contributed by atoms with Crippen molar-refractivity contribution in [2.75, 3.05) is 18.5 Å². The van der Waals surface area contributed by atoms with Crippen molar-refractivity contribution >= 4 is 56.4 Å². The number of hydrogen-bond donors (Lipinski definition) is 3. The standard InChI is InChI=1S/C38H48N6O8S2/c1-2-26-17-38(26,35(47)42-54(49,50)29-13-14-29)41-33(45)31-16-28-19-44(31)34(46)32(24-8-4-3-5-9-24)40-36-39-27(22-53-36)21-51-15-7-12-23-10-6-11-25-18-43(20-30(23)25)37(48)52-28/h6-7,10-12,22,24,26,28-29,31-32H,2-5,8-9,13-21H2,1H3,(H,39,40)(H,41,45)(H,42,47)/b12-7+/t26-,28-,31+,32+,38-/m1/s1. The smallest absolute Gasteiger partial charge is 0.410 e. The van der Waals surface area contributed by atoms with Crippen LogP contribution >= 0.6 is 11.3 Å². The van der Waals surface area contributed by atoms with Crippen LogP contribution in [0.4, 0.5) is 9.93 Å². The fourth-order valence-electron chi connectivity index (χ4n) is 8.63. The van der Waals surface area contributed by atoms with Crippen molar-refractivity contribution in [1.82, 2.24) is 24.8 Å². The molecule has 3 saturated carbocycles. The number of nitrogens with zero attached hydrogens (tertiary/aromatic N) is 3. The summed E-state index contributed by atoms with van der Waals surface area (Å²) in [5.41, 5.74) is 2.35. The number of anilines is 1. The van der Waals surface area contributed by atoms with Gasteiger partial charge in [-0.2, -0.15) is 0 Å². The summed E-state index contributed by atoms with van der Waals surface area (Å²) in [6.45, 7) is 3.26. The van der Waals surface area contributed by atoms with Crippen LogP contribution in [0.3, 0.4) is 0 Å². The average Bonchev–Trinajstić information content (AvgIpc) is 3.98. The lowest BCUT2D eigenvalue weighted by Crippen LogP contribution is -2.58. The third-order valence-corrected chi connectivity index (χ3v) is 14.6. The topological polar surface area (TPSA) is 176 Å². The second-order valence-electron chi connectivity index (χ2n) is 15.6. The number of ether oxygens (including phenoxy) is 2. The Morgan fingerprint density at radius 2 is 1.93 bits per heavy atom. The molecule has 5 atom stereocenters. The van der Waals surface area contributed by atoms with Crippen molar-refractivity contribution in [1.29, 1.82) is 0 Å². The maximum absolute atomic E-state index is 14.8. The zero-order chi connectivity index (χ0) is 37.6. The first-order valence-corrected chi connectivity index (χ1v) is 21.7. The Labute approximate surface area is 319 Å². The van der Waals surface area contributed by atoms with Gasteiger partial charge < -0.3 is 25.0 Å². The average molecular weight is 781 g/mol. The van der Waals surface area contributed by atoms with Gasteiger partial charge in [-0.15, -0.1) is 11.3 Å². The summed E-state index contributed by atoms with van der Waals surface area (Å²) in [6.07, 6.45) is 9.16. The highest BCUT2D eigenvalue weighted by atomic mass is 32.2. The van der Waals surface area contributed by atoms with E-state index in [1.807, 2.05) is 42.7 Å². The summed E-state index contributed by atoms with van der Waals surface area (Å²) in [6, 6.07) is 4.19. The molecular formula is C38H48N6O8S2. The van der Waals surface area contributed by atoms with Crippen LogP contribution in [0.5, 0.6) is 0 Å². The van der Waals surface area contributed by atoms with Gasteiger partial charge in [-0.25, -0.2) is 18.2 Å². The first-order chi connectivity index (χ1) is 26.0. The molecule has 4 heterocycles. The molecule has 8 rings (SSSR count). The van der Waals surface area contributed by atoms with Crippen LogP contribution in [0.1, 0.15) is 93.5 Å². The van der Waals surface area contributed by atoms with Gasteiger partial charge in [-0.1, -0.05) is 63.0 Å². The van der Waals surface area contributed by atoms with Gasteiger partial charge in [-0.3, -0.25) is 24.0 Å². The van der Waals surface area contributed by atoms with Crippen molar-refractivity contribution in [2.45, 2.75) is 120 Å². The van der Waals surface area contributed by atoms with Gasteiger partial charge in [0.25, 0.3) is 5.91 Å². The molecule has 1 aromatic carbocycles. The number of sulfonamides is 1. The fourth-order valence-corrected chi connectivity index (χ4v) is 10.7. The van der Waals surface area contributed by atoms with E-state index in [4.69, 9.17) is 14.5 Å². The van der Waals surface area contributed by atoms with Crippen LogP contribution in [0, 0.1) is 11.8 Å². The lowest BCUT2D eigenvalue weighted by atomic mass is 9.83. The highest BCUT2D eigenvalue weighted by Gasteiger charge is 2.62. The molecule has 1 saturated heterocycles. The van der Waals surface area contributed by atoms with Gasteiger partial charge in [0.15, 0.2) is 5.13 Å². The minimum atomic E-state index is -3.85. The van der Waals surface area contributed by atoms with E-state index < -0.39 is 56.9 Å². The minimum absolute atomic E-state index is 0.00818. The number of thiazole rings is 1. The largest absolute Gasteiger partial charge is 0.444 e. The molecule has 1 aromatic heterocycles. The van der Waals surface area contributed by atoms with Crippen LogP contribution < -0.4 is 15.4 Å². The molecule has 3 N–H and O–H groups in total. The Kier molecular flexibility index (Phi) is 10.2. The van der Waals surface area contributed by atoms with Crippen LogP contribution in [-0.4, -0.2) is 89.1 Å². The number of rotatable bonds is 7. The quantitative estimate of drug-likeness (QED) is 0.372. The van der Waals surface area contributed by atoms with Gasteiger partial charge in [0.05, 0.1) is 37.2 Å². The number of fused-ring (bicyclic) bond motifs is 5. The third-order valence-electron chi connectivity index (χ3n) is 11.9. The van der Waals surface area contributed by atoms with Crippen molar-refractivity contribution in [2.24, 2.45) is 11.8 Å².